The normalized spacial score (nSPS) is 24.2. The number of hydrogen-bond donors (Lipinski definition) is 4. The van der Waals surface area contributed by atoms with Gasteiger partial charge in [-0.15, -0.1) is 0 Å². The summed E-state index contributed by atoms with van der Waals surface area (Å²) in [6.07, 6.45) is -2.90. The summed E-state index contributed by atoms with van der Waals surface area (Å²) in [7, 11) is 0. The number of rotatable bonds is 6. The van der Waals surface area contributed by atoms with Gasteiger partial charge >= 0.3 is 0 Å². The number of benzene rings is 1. The Bertz CT molecular complexity index is 1030. The van der Waals surface area contributed by atoms with E-state index in [0.29, 0.717) is 27.5 Å². The molecule has 1 aliphatic rings. The van der Waals surface area contributed by atoms with E-state index in [9.17, 15) is 25.4 Å². The number of non-ortho nitro benzene ring substituents is 1. The van der Waals surface area contributed by atoms with E-state index in [1.807, 2.05) is 0 Å². The minimum absolute atomic E-state index is 0.0265. The second-order valence-electron chi connectivity index (χ2n) is 6.48. The van der Waals surface area contributed by atoms with Crippen LogP contribution in [0.3, 0.4) is 0 Å². The molecule has 1 aromatic carbocycles. The average molecular weight is 419 g/mol. The van der Waals surface area contributed by atoms with Gasteiger partial charge in [0.25, 0.3) is 5.69 Å². The van der Waals surface area contributed by atoms with E-state index in [2.05, 4.69) is 20.2 Å². The summed E-state index contributed by atoms with van der Waals surface area (Å²) >= 11 is 1.38. The highest BCUT2D eigenvalue weighted by atomic mass is 32.2. The molecule has 0 unspecified atom stereocenters. The molecule has 0 radical (unpaired) electrons. The van der Waals surface area contributed by atoms with Gasteiger partial charge in [0, 0.05) is 17.9 Å². The number of thioether (sulfide) groups is 1. The molecule has 0 amide bonds. The van der Waals surface area contributed by atoms with Gasteiger partial charge < -0.3 is 20.1 Å². The van der Waals surface area contributed by atoms with Crippen molar-refractivity contribution in [3.8, 4) is 0 Å². The summed E-state index contributed by atoms with van der Waals surface area (Å²) in [5, 5.41) is 47.8. The number of aromatic nitrogens is 4. The summed E-state index contributed by atoms with van der Waals surface area (Å²) < 4.78 is 5.54. The fraction of sp³-hybridized carbons (Fsp3) is 0.353. The van der Waals surface area contributed by atoms with Crippen molar-refractivity contribution in [2.45, 2.75) is 35.2 Å². The predicted octanol–water partition coefficient (Wildman–Crippen LogP) is 0.707. The van der Waals surface area contributed by atoms with Crippen molar-refractivity contribution < 1.29 is 25.0 Å². The molecule has 0 aliphatic carbocycles. The Morgan fingerprint density at radius 3 is 2.59 bits per heavy atom. The summed E-state index contributed by atoms with van der Waals surface area (Å²) in [4.78, 5) is 18.8. The first kappa shape index (κ1) is 19.7. The SMILES string of the molecule is O=[N+]([O-])c1ccc(CSc2ncnc3c([C@@H]4O[C@H](CO)[C@@H](O)[C@H]4O)[nH]nc23)cc1. The molecule has 1 saturated heterocycles. The maximum Gasteiger partial charge on any atom is 0.269 e. The highest BCUT2D eigenvalue weighted by molar-refractivity contribution is 7.98. The van der Waals surface area contributed by atoms with Gasteiger partial charge in [-0.25, -0.2) is 9.97 Å². The van der Waals surface area contributed by atoms with E-state index in [0.717, 1.165) is 5.56 Å². The Morgan fingerprint density at radius 1 is 1.17 bits per heavy atom. The van der Waals surface area contributed by atoms with Crippen LogP contribution in [0.1, 0.15) is 17.4 Å². The summed E-state index contributed by atoms with van der Waals surface area (Å²) in [5.41, 5.74) is 2.22. The molecule has 1 fully saturated rings. The summed E-state index contributed by atoms with van der Waals surface area (Å²) in [6, 6.07) is 6.25. The fourth-order valence-electron chi connectivity index (χ4n) is 3.14. The van der Waals surface area contributed by atoms with Gasteiger partial charge in [0.15, 0.2) is 0 Å². The van der Waals surface area contributed by atoms with Gasteiger partial charge in [0.1, 0.15) is 46.8 Å². The number of nitrogens with zero attached hydrogens (tertiary/aromatic N) is 4. The van der Waals surface area contributed by atoms with Crippen molar-refractivity contribution in [2.24, 2.45) is 0 Å². The second kappa shape index (κ2) is 8.00. The summed E-state index contributed by atoms with van der Waals surface area (Å²) in [6.45, 7) is -0.424. The van der Waals surface area contributed by atoms with Crippen LogP contribution in [0.25, 0.3) is 11.0 Å². The second-order valence-corrected chi connectivity index (χ2v) is 7.45. The summed E-state index contributed by atoms with van der Waals surface area (Å²) in [5.74, 6) is 0.514. The zero-order chi connectivity index (χ0) is 20.5. The van der Waals surface area contributed by atoms with Crippen molar-refractivity contribution in [3.63, 3.8) is 0 Å². The minimum Gasteiger partial charge on any atom is -0.394 e. The molecule has 0 spiro atoms. The van der Waals surface area contributed by atoms with Gasteiger partial charge in [-0.2, -0.15) is 5.10 Å². The molecular formula is C17H17N5O6S. The maximum absolute atomic E-state index is 10.7. The number of hydrogen-bond acceptors (Lipinski definition) is 10. The zero-order valence-corrected chi connectivity index (χ0v) is 15.7. The van der Waals surface area contributed by atoms with E-state index in [-0.39, 0.29) is 5.69 Å². The van der Waals surface area contributed by atoms with Crippen molar-refractivity contribution in [1.82, 2.24) is 20.2 Å². The fourth-order valence-corrected chi connectivity index (χ4v) is 4.03. The molecule has 4 atom stereocenters. The monoisotopic (exact) mass is 419 g/mol. The van der Waals surface area contributed by atoms with Crippen LogP contribution in [0.2, 0.25) is 0 Å². The van der Waals surface area contributed by atoms with Crippen LogP contribution in [0, 0.1) is 10.1 Å². The van der Waals surface area contributed by atoms with Crippen molar-refractivity contribution in [2.75, 3.05) is 6.61 Å². The Balaban J connectivity index is 1.55. The van der Waals surface area contributed by atoms with Crippen LogP contribution in [-0.2, 0) is 10.5 Å². The number of aliphatic hydroxyl groups excluding tert-OH is 3. The lowest BCUT2D eigenvalue weighted by Gasteiger charge is -2.12. The molecule has 0 saturated carbocycles. The smallest absolute Gasteiger partial charge is 0.269 e. The third kappa shape index (κ3) is 3.68. The number of H-pyrrole nitrogens is 1. The molecule has 0 bridgehead atoms. The Labute approximate surface area is 167 Å². The van der Waals surface area contributed by atoms with Gasteiger partial charge in [-0.1, -0.05) is 23.9 Å². The highest BCUT2D eigenvalue weighted by Gasteiger charge is 2.44. The third-order valence-corrected chi connectivity index (χ3v) is 5.73. The van der Waals surface area contributed by atoms with Crippen molar-refractivity contribution in [1.29, 1.82) is 0 Å². The molecule has 12 heteroatoms. The van der Waals surface area contributed by atoms with Gasteiger partial charge in [0.2, 0.25) is 0 Å². The first-order valence-corrected chi connectivity index (χ1v) is 9.65. The standard InChI is InChI=1S/C17H17N5O6S/c23-5-10-14(24)15(25)16(28-10)12-11-13(21-20-12)17(19-7-18-11)29-6-8-1-3-9(4-2-8)22(26)27/h1-4,7,10,14-16,23-25H,5-6H2,(H,20,21)/t10-,14-,15-,16+/m1/s1. The number of fused-ring (bicyclic) bond motifs is 1. The van der Waals surface area contributed by atoms with Crippen molar-refractivity contribution in [3.05, 3.63) is 52.0 Å². The van der Waals surface area contributed by atoms with Crippen LogP contribution < -0.4 is 0 Å². The molecule has 4 rings (SSSR count). The lowest BCUT2D eigenvalue weighted by Crippen LogP contribution is -2.32. The molecule has 4 N–H and O–H groups in total. The number of aromatic amines is 1. The average Bonchev–Trinajstić information content (AvgIpc) is 3.28. The molecule has 2 aromatic heterocycles. The Hall–Kier alpha value is -2.64. The van der Waals surface area contributed by atoms with Gasteiger partial charge in [0.05, 0.1) is 17.2 Å². The van der Waals surface area contributed by atoms with Crippen LogP contribution in [0.15, 0.2) is 35.6 Å². The van der Waals surface area contributed by atoms with E-state index < -0.39 is 35.9 Å². The molecule has 152 valence electrons. The van der Waals surface area contributed by atoms with Gasteiger partial charge in [-0.3, -0.25) is 15.2 Å². The third-order valence-electron chi connectivity index (χ3n) is 4.68. The first-order valence-electron chi connectivity index (χ1n) is 8.67. The lowest BCUT2D eigenvalue weighted by atomic mass is 10.1. The first-order chi connectivity index (χ1) is 14.0. The number of aliphatic hydroxyl groups is 3. The van der Waals surface area contributed by atoms with Crippen LogP contribution in [0.5, 0.6) is 0 Å². The topological polar surface area (TPSA) is 168 Å². The van der Waals surface area contributed by atoms with E-state index >= 15 is 0 Å². The molecule has 3 aromatic rings. The van der Waals surface area contributed by atoms with E-state index in [4.69, 9.17) is 4.74 Å². The molecule has 29 heavy (non-hydrogen) atoms. The molecule has 1 aliphatic heterocycles. The maximum atomic E-state index is 10.7. The Morgan fingerprint density at radius 2 is 1.93 bits per heavy atom. The molecule has 11 nitrogen and oxygen atoms in total. The number of ether oxygens (including phenoxy) is 1. The van der Waals surface area contributed by atoms with E-state index in [1.165, 1.54) is 30.2 Å². The number of nitrogens with one attached hydrogen (secondary N) is 1. The zero-order valence-electron chi connectivity index (χ0n) is 14.9. The van der Waals surface area contributed by atoms with Crippen molar-refractivity contribution >= 4 is 28.5 Å². The molecular weight excluding hydrogens is 402 g/mol. The highest BCUT2D eigenvalue weighted by Crippen LogP contribution is 2.36. The van der Waals surface area contributed by atoms with Crippen LogP contribution in [0.4, 0.5) is 5.69 Å². The van der Waals surface area contributed by atoms with E-state index in [1.54, 1.807) is 12.1 Å². The minimum atomic E-state index is -1.23. The largest absolute Gasteiger partial charge is 0.394 e. The number of nitro groups is 1. The lowest BCUT2D eigenvalue weighted by molar-refractivity contribution is -0.384. The molecule has 3 heterocycles. The van der Waals surface area contributed by atoms with Crippen LogP contribution in [-0.4, -0.2) is 65.3 Å². The quantitative estimate of drug-likeness (QED) is 0.193. The van der Waals surface area contributed by atoms with Crippen LogP contribution >= 0.6 is 11.8 Å². The van der Waals surface area contributed by atoms with Gasteiger partial charge in [-0.05, 0) is 5.56 Å². The Kier molecular flexibility index (Phi) is 5.43. The number of nitro benzene ring substituents is 1. The predicted molar refractivity (Wildman–Crippen MR) is 101 cm³/mol.